The summed E-state index contributed by atoms with van der Waals surface area (Å²) in [6.45, 7) is 9.65. The van der Waals surface area contributed by atoms with Crippen LogP contribution in [0.4, 0.5) is 0 Å². The van der Waals surface area contributed by atoms with Crippen LogP contribution in [0, 0.1) is 5.92 Å². The molecule has 2 heteroatoms. The molecular formula is C36H38SiZr. The van der Waals surface area contributed by atoms with Crippen molar-refractivity contribution in [1.29, 1.82) is 0 Å². The minimum absolute atomic E-state index is 0.523. The van der Waals surface area contributed by atoms with Crippen molar-refractivity contribution in [2.75, 3.05) is 0 Å². The Kier molecular flexibility index (Phi) is 6.29. The van der Waals surface area contributed by atoms with E-state index in [1.807, 2.05) is 0 Å². The third-order valence-corrected chi connectivity index (χ3v) is 26.7. The van der Waals surface area contributed by atoms with E-state index >= 15 is 0 Å². The Morgan fingerprint density at radius 2 is 1.08 bits per heavy atom. The number of hydrogen-bond donors (Lipinski definition) is 0. The second-order valence-electron chi connectivity index (χ2n) is 12.8. The van der Waals surface area contributed by atoms with Gasteiger partial charge in [0.2, 0.25) is 0 Å². The molecule has 2 aliphatic rings. The molecule has 0 nitrogen and oxygen atoms in total. The molecular weight excluding hydrogens is 552 g/mol. The van der Waals surface area contributed by atoms with Crippen LogP contribution in [0.5, 0.6) is 0 Å². The van der Waals surface area contributed by atoms with Crippen LogP contribution in [0.25, 0.3) is 34.4 Å². The van der Waals surface area contributed by atoms with Crippen molar-refractivity contribution in [3.05, 3.63) is 130 Å². The Morgan fingerprint density at radius 1 is 0.605 bits per heavy atom. The molecule has 0 fully saturated rings. The molecule has 0 amide bonds. The Morgan fingerprint density at radius 3 is 1.58 bits per heavy atom. The Hall–Kier alpha value is -2.54. The van der Waals surface area contributed by atoms with E-state index in [4.69, 9.17) is 0 Å². The van der Waals surface area contributed by atoms with Crippen LogP contribution in [0.3, 0.4) is 0 Å². The molecule has 6 rings (SSSR count). The molecule has 0 N–H and O–H groups in total. The minimum atomic E-state index is -3.57. The molecule has 0 bridgehead atoms. The van der Waals surface area contributed by atoms with Crippen LogP contribution in [-0.2, 0) is 17.4 Å². The van der Waals surface area contributed by atoms with Crippen molar-refractivity contribution in [2.45, 2.75) is 37.3 Å². The van der Waals surface area contributed by atoms with Gasteiger partial charge in [0.25, 0.3) is 0 Å². The molecule has 4 aromatic carbocycles. The van der Waals surface area contributed by atoms with E-state index in [0.29, 0.717) is 13.2 Å². The Balaban J connectivity index is 1.54. The molecule has 0 saturated carbocycles. The fraction of sp³-hybridized carbons (Fsp3) is 0.222. The van der Waals surface area contributed by atoms with Crippen molar-refractivity contribution < 1.29 is 17.4 Å². The maximum atomic E-state index is 2.75. The van der Waals surface area contributed by atoms with Gasteiger partial charge < -0.3 is 0 Å². The molecule has 0 aliphatic heterocycles. The first kappa shape index (κ1) is 25.7. The average molecular weight is 590 g/mol. The van der Waals surface area contributed by atoms with Gasteiger partial charge in [-0.25, -0.2) is 0 Å². The van der Waals surface area contributed by atoms with Crippen molar-refractivity contribution in [1.82, 2.24) is 0 Å². The molecule has 2 unspecified atom stereocenters. The first-order valence-electron chi connectivity index (χ1n) is 14.0. The van der Waals surface area contributed by atoms with E-state index in [-0.39, 0.29) is 0 Å². The van der Waals surface area contributed by atoms with Gasteiger partial charge in [0.05, 0.1) is 0 Å². The zero-order valence-electron chi connectivity index (χ0n) is 23.3. The van der Waals surface area contributed by atoms with Crippen molar-refractivity contribution in [3.63, 3.8) is 0 Å². The molecule has 38 heavy (non-hydrogen) atoms. The summed E-state index contributed by atoms with van der Waals surface area (Å²) < 4.78 is 6.56. The monoisotopic (exact) mass is 588 g/mol. The van der Waals surface area contributed by atoms with Gasteiger partial charge in [-0.1, -0.05) is 0 Å². The van der Waals surface area contributed by atoms with Crippen LogP contribution >= 0.6 is 0 Å². The van der Waals surface area contributed by atoms with Crippen molar-refractivity contribution >= 4 is 19.0 Å². The van der Waals surface area contributed by atoms with Crippen molar-refractivity contribution in [3.8, 4) is 22.3 Å². The fourth-order valence-corrected chi connectivity index (χ4v) is 28.3. The average Bonchev–Trinajstić information content (AvgIpc) is 3.48. The summed E-state index contributed by atoms with van der Waals surface area (Å²) in [7, 11) is 0. The fourth-order valence-electron chi connectivity index (χ4n) is 7.70. The first-order chi connectivity index (χ1) is 18.2. The predicted octanol–water partition coefficient (Wildman–Crippen LogP) is 9.61. The van der Waals surface area contributed by atoms with Crippen LogP contribution in [0.1, 0.15) is 50.3 Å². The number of allylic oxidation sites excluding steroid dienone is 2. The van der Waals surface area contributed by atoms with E-state index in [1.165, 1.54) is 33.4 Å². The normalized spacial score (nSPS) is 18.7. The Labute approximate surface area is 231 Å². The summed E-state index contributed by atoms with van der Waals surface area (Å²) in [5, 5.41) is 0. The third kappa shape index (κ3) is 4.04. The first-order valence-corrected chi connectivity index (χ1v) is 27.7. The predicted molar refractivity (Wildman–Crippen MR) is 166 cm³/mol. The summed E-state index contributed by atoms with van der Waals surface area (Å²) in [5.41, 5.74) is 14.6. The summed E-state index contributed by atoms with van der Waals surface area (Å²) >= 11 is -3.57. The molecule has 0 saturated heterocycles. The maximum absolute atomic E-state index is 3.57. The molecule has 2 aliphatic carbocycles. The number of hydrogen-bond acceptors (Lipinski definition) is 0. The zero-order chi connectivity index (χ0) is 26.7. The number of fused-ring (bicyclic) bond motifs is 2. The number of benzene rings is 4. The summed E-state index contributed by atoms with van der Waals surface area (Å²) in [6, 6.07) is 36.0. The SMILES string of the molecule is CC1=Cc2c(-c3ccccc3)cccc2[CH]1[Zr]([CH3])([CH3])(=[SiH2])[CH]1C(C(C)C)=Cc2c(-c3ccccc3)cccc21. The number of rotatable bonds is 5. The molecule has 4 aromatic rings. The molecule has 0 spiro atoms. The molecule has 0 heterocycles. The third-order valence-electron chi connectivity index (χ3n) is 9.11. The van der Waals surface area contributed by atoms with Crippen LogP contribution in [-0.4, -0.2) is 6.88 Å². The second-order valence-corrected chi connectivity index (χ2v) is 43.3. The summed E-state index contributed by atoms with van der Waals surface area (Å²) in [4.78, 5) is 0. The second kappa shape index (κ2) is 9.29. The van der Waals surface area contributed by atoms with E-state index < -0.39 is 17.4 Å². The topological polar surface area (TPSA) is 0 Å². The van der Waals surface area contributed by atoms with Gasteiger partial charge in [0, 0.05) is 0 Å². The van der Waals surface area contributed by atoms with Gasteiger partial charge >= 0.3 is 232 Å². The van der Waals surface area contributed by atoms with Gasteiger partial charge in [-0.05, 0) is 0 Å². The van der Waals surface area contributed by atoms with Gasteiger partial charge in [-0.3, -0.25) is 0 Å². The van der Waals surface area contributed by atoms with Gasteiger partial charge in [0.15, 0.2) is 0 Å². The zero-order valence-corrected chi connectivity index (χ0v) is 27.2. The standard InChI is InChI=1S/C18H17.C16H13.2CH3.H2Si.Zr/c1-13(2)16-11-15-9-6-10-17(18(15)12-16)14-7-4-3-5-8-14;1-12-10-14-8-5-9-15(16(14)11-12)13-6-3-2-4-7-13;;;;/h3-13H,1-2H3;2-11H,1H3;2*1H3;1H2;. The molecule has 2 atom stereocenters. The quantitative estimate of drug-likeness (QED) is 0.203. The molecule has 0 aromatic heterocycles. The Bertz CT molecular complexity index is 1670. The van der Waals surface area contributed by atoms with E-state index in [9.17, 15) is 0 Å². The molecule has 0 radical (unpaired) electrons. The summed E-state index contributed by atoms with van der Waals surface area (Å²) in [6.07, 6.45) is 5.10. The van der Waals surface area contributed by atoms with Gasteiger partial charge in [0.1, 0.15) is 0 Å². The van der Waals surface area contributed by atoms with Crippen LogP contribution in [0.2, 0.25) is 9.26 Å². The van der Waals surface area contributed by atoms with Crippen LogP contribution in [0.15, 0.2) is 108 Å². The van der Waals surface area contributed by atoms with Crippen molar-refractivity contribution in [2.24, 2.45) is 5.92 Å². The summed E-state index contributed by atoms with van der Waals surface area (Å²) in [5.74, 6) is 0.523. The van der Waals surface area contributed by atoms with E-state index in [2.05, 4.69) is 146 Å². The van der Waals surface area contributed by atoms with E-state index in [0.717, 1.165) is 0 Å². The van der Waals surface area contributed by atoms with Gasteiger partial charge in [-0.15, -0.1) is 0 Å². The van der Waals surface area contributed by atoms with Gasteiger partial charge in [-0.2, -0.15) is 0 Å². The van der Waals surface area contributed by atoms with Crippen LogP contribution < -0.4 is 0 Å². The molecule has 190 valence electrons. The van der Waals surface area contributed by atoms with E-state index in [1.54, 1.807) is 22.3 Å².